The third-order valence-corrected chi connectivity index (χ3v) is 6.61. The zero-order chi connectivity index (χ0) is 15.0. The molecule has 1 N–H and O–H groups in total. The van der Waals surface area contributed by atoms with Crippen LogP contribution >= 0.6 is 11.8 Å². The lowest BCUT2D eigenvalue weighted by Gasteiger charge is -2.12. The van der Waals surface area contributed by atoms with Gasteiger partial charge >= 0.3 is 0 Å². The van der Waals surface area contributed by atoms with Gasteiger partial charge < -0.3 is 14.8 Å². The number of sulfone groups is 1. The molecule has 1 fully saturated rings. The van der Waals surface area contributed by atoms with Gasteiger partial charge in [0.15, 0.2) is 15.0 Å². The lowest BCUT2D eigenvalue weighted by molar-refractivity contribution is 0.405. The molecule has 114 valence electrons. The first-order valence-electron chi connectivity index (χ1n) is 6.44. The van der Waals surface area contributed by atoms with Gasteiger partial charge in [-0.1, -0.05) is 11.8 Å². The number of ether oxygens (including phenoxy) is 2. The molecule has 2 aliphatic rings. The van der Waals surface area contributed by atoms with Crippen molar-refractivity contribution >= 4 is 32.5 Å². The van der Waals surface area contributed by atoms with Crippen LogP contribution in [-0.4, -0.2) is 50.6 Å². The number of nitrogens with one attached hydrogen (secondary N) is 1. The molecule has 3 rings (SSSR count). The monoisotopic (exact) mass is 328 g/mol. The van der Waals surface area contributed by atoms with Gasteiger partial charge in [0.2, 0.25) is 0 Å². The van der Waals surface area contributed by atoms with E-state index in [9.17, 15) is 8.42 Å². The number of benzene rings is 1. The van der Waals surface area contributed by atoms with Crippen molar-refractivity contribution in [3.05, 3.63) is 18.2 Å². The Bertz CT molecular complexity index is 687. The Kier molecular flexibility index (Phi) is 3.75. The average Bonchev–Trinajstić information content (AvgIpc) is 2.91. The third-order valence-electron chi connectivity index (χ3n) is 3.47. The number of fused-ring (bicyclic) bond motifs is 1. The molecule has 2 heterocycles. The second-order valence-electron chi connectivity index (χ2n) is 4.93. The van der Waals surface area contributed by atoms with Crippen LogP contribution in [0.1, 0.15) is 0 Å². The fraction of sp³-hybridized carbons (Fsp3) is 0.462. The smallest absolute Gasteiger partial charge is 0.161 e. The molecule has 0 amide bonds. The highest BCUT2D eigenvalue weighted by Crippen LogP contribution is 2.36. The Labute approximate surface area is 127 Å². The van der Waals surface area contributed by atoms with Gasteiger partial charge in [0.1, 0.15) is 11.5 Å². The lowest BCUT2D eigenvalue weighted by atomic mass is 10.2. The minimum absolute atomic E-state index is 0.0223. The van der Waals surface area contributed by atoms with E-state index in [1.165, 1.54) is 11.8 Å². The highest BCUT2D eigenvalue weighted by molar-refractivity contribution is 8.15. The summed E-state index contributed by atoms with van der Waals surface area (Å²) in [5.41, 5.74) is 0.755. The molecule has 0 bridgehead atoms. The Morgan fingerprint density at radius 1 is 1.29 bits per heavy atom. The molecule has 2 atom stereocenters. The number of thioether (sulfide) groups is 1. The molecule has 0 unspecified atom stereocenters. The first-order valence-corrected chi connectivity index (χ1v) is 9.15. The van der Waals surface area contributed by atoms with Crippen molar-refractivity contribution in [1.82, 2.24) is 0 Å². The average molecular weight is 328 g/mol. The number of aliphatic imine (C=N–C) groups is 1. The zero-order valence-electron chi connectivity index (χ0n) is 11.7. The van der Waals surface area contributed by atoms with Crippen LogP contribution in [0.4, 0.5) is 5.69 Å². The topological polar surface area (TPSA) is 77.0 Å². The molecule has 0 aromatic heterocycles. The summed E-state index contributed by atoms with van der Waals surface area (Å²) in [7, 11) is 0.269. The van der Waals surface area contributed by atoms with E-state index in [0.717, 1.165) is 10.9 Å². The summed E-state index contributed by atoms with van der Waals surface area (Å²) < 4.78 is 33.6. The van der Waals surface area contributed by atoms with Crippen LogP contribution < -0.4 is 14.8 Å². The molecule has 0 aliphatic carbocycles. The predicted molar refractivity (Wildman–Crippen MR) is 84.4 cm³/mol. The number of hydrogen-bond donors (Lipinski definition) is 1. The van der Waals surface area contributed by atoms with Crippen molar-refractivity contribution in [2.75, 3.05) is 31.0 Å². The number of amidine groups is 1. The van der Waals surface area contributed by atoms with Gasteiger partial charge in [0.25, 0.3) is 0 Å². The molecule has 8 heteroatoms. The Morgan fingerprint density at radius 2 is 2.10 bits per heavy atom. The van der Waals surface area contributed by atoms with E-state index in [4.69, 9.17) is 9.47 Å². The van der Waals surface area contributed by atoms with Gasteiger partial charge in [-0.15, -0.1) is 0 Å². The molecular weight excluding hydrogens is 312 g/mol. The predicted octanol–water partition coefficient (Wildman–Crippen LogP) is 1.38. The normalized spacial score (nSPS) is 26.1. The molecule has 6 nitrogen and oxygen atoms in total. The number of anilines is 1. The van der Waals surface area contributed by atoms with Crippen molar-refractivity contribution in [3.8, 4) is 11.5 Å². The SMILES string of the molecule is COc1ccc(OC)c(NC2=N[C@@H]3CS(=O)(=O)C[C@H]3S2)c1. The summed E-state index contributed by atoms with van der Waals surface area (Å²) in [5.74, 6) is 1.74. The van der Waals surface area contributed by atoms with Gasteiger partial charge in [-0.05, 0) is 12.1 Å². The van der Waals surface area contributed by atoms with Crippen molar-refractivity contribution in [2.45, 2.75) is 11.3 Å². The fourth-order valence-corrected chi connectivity index (χ4v) is 6.11. The molecule has 0 radical (unpaired) electrons. The van der Waals surface area contributed by atoms with Crippen molar-refractivity contribution < 1.29 is 17.9 Å². The maximum Gasteiger partial charge on any atom is 0.161 e. The van der Waals surface area contributed by atoms with Gasteiger partial charge in [0, 0.05) is 11.3 Å². The number of methoxy groups -OCH3 is 2. The third kappa shape index (κ3) is 2.96. The van der Waals surface area contributed by atoms with Crippen molar-refractivity contribution in [2.24, 2.45) is 4.99 Å². The number of rotatable bonds is 3. The lowest BCUT2D eigenvalue weighted by Crippen LogP contribution is -2.13. The van der Waals surface area contributed by atoms with Crippen LogP contribution in [0.5, 0.6) is 11.5 Å². The molecule has 21 heavy (non-hydrogen) atoms. The molecule has 0 spiro atoms. The van der Waals surface area contributed by atoms with Crippen LogP contribution in [-0.2, 0) is 9.84 Å². The van der Waals surface area contributed by atoms with Gasteiger partial charge in [-0.2, -0.15) is 0 Å². The van der Waals surface area contributed by atoms with E-state index in [1.54, 1.807) is 14.2 Å². The van der Waals surface area contributed by atoms with Gasteiger partial charge in [-0.25, -0.2) is 8.42 Å². The summed E-state index contributed by atoms with van der Waals surface area (Å²) in [5, 5.41) is 3.95. The van der Waals surface area contributed by atoms with Gasteiger partial charge in [0.05, 0.1) is 37.5 Å². The first-order chi connectivity index (χ1) is 10.0. The Balaban J connectivity index is 1.79. The zero-order valence-corrected chi connectivity index (χ0v) is 13.3. The number of hydrogen-bond acceptors (Lipinski definition) is 7. The van der Waals surface area contributed by atoms with E-state index in [0.29, 0.717) is 11.5 Å². The molecule has 2 aliphatic heterocycles. The van der Waals surface area contributed by atoms with Crippen LogP contribution in [0.2, 0.25) is 0 Å². The Morgan fingerprint density at radius 3 is 2.76 bits per heavy atom. The molecular formula is C13H16N2O4S2. The molecule has 1 saturated heterocycles. The highest BCUT2D eigenvalue weighted by Gasteiger charge is 2.42. The van der Waals surface area contributed by atoms with E-state index in [-0.39, 0.29) is 22.8 Å². The summed E-state index contributed by atoms with van der Waals surface area (Å²) in [4.78, 5) is 4.46. The molecule has 1 aromatic carbocycles. The van der Waals surface area contributed by atoms with Crippen LogP contribution in [0, 0.1) is 0 Å². The maximum absolute atomic E-state index is 11.6. The van der Waals surface area contributed by atoms with Crippen molar-refractivity contribution in [3.63, 3.8) is 0 Å². The summed E-state index contributed by atoms with van der Waals surface area (Å²) in [6.07, 6.45) is 0. The van der Waals surface area contributed by atoms with Crippen molar-refractivity contribution in [1.29, 1.82) is 0 Å². The molecule has 0 saturated carbocycles. The highest BCUT2D eigenvalue weighted by atomic mass is 32.2. The summed E-state index contributed by atoms with van der Waals surface area (Å²) >= 11 is 1.47. The fourth-order valence-electron chi connectivity index (χ4n) is 2.44. The van der Waals surface area contributed by atoms with Crippen LogP contribution in [0.15, 0.2) is 23.2 Å². The standard InChI is InChI=1S/C13H16N2O4S2/c1-18-8-3-4-11(19-2)9(5-8)14-13-15-10-6-21(16,17)7-12(10)20-13/h3-5,10,12H,6-7H2,1-2H3,(H,14,15)/t10-,12-/m1/s1. The van der Waals surface area contributed by atoms with E-state index in [1.807, 2.05) is 18.2 Å². The minimum Gasteiger partial charge on any atom is -0.497 e. The number of nitrogens with zero attached hydrogens (tertiary/aromatic N) is 1. The van der Waals surface area contributed by atoms with E-state index >= 15 is 0 Å². The van der Waals surface area contributed by atoms with Gasteiger partial charge in [-0.3, -0.25) is 4.99 Å². The second-order valence-corrected chi connectivity index (χ2v) is 8.31. The van der Waals surface area contributed by atoms with E-state index < -0.39 is 9.84 Å². The summed E-state index contributed by atoms with van der Waals surface area (Å²) in [6.45, 7) is 0. The maximum atomic E-state index is 11.6. The Hall–Kier alpha value is -1.41. The molecule has 1 aromatic rings. The van der Waals surface area contributed by atoms with E-state index in [2.05, 4.69) is 10.3 Å². The second kappa shape index (κ2) is 5.42. The minimum atomic E-state index is -2.93. The van der Waals surface area contributed by atoms with Crippen LogP contribution in [0.25, 0.3) is 0 Å². The largest absolute Gasteiger partial charge is 0.497 e. The van der Waals surface area contributed by atoms with Crippen LogP contribution in [0.3, 0.4) is 0 Å². The quantitative estimate of drug-likeness (QED) is 0.903. The summed E-state index contributed by atoms with van der Waals surface area (Å²) in [6, 6.07) is 5.31. The first kappa shape index (κ1) is 14.5.